The predicted octanol–water partition coefficient (Wildman–Crippen LogP) is 3.57. The van der Waals surface area contributed by atoms with Gasteiger partial charge in [0, 0.05) is 37.0 Å². The molecule has 4 N–H and O–H groups in total. The Labute approximate surface area is 194 Å². The number of nitrogens with zero attached hydrogens (tertiary/aromatic N) is 4. The van der Waals surface area contributed by atoms with Crippen LogP contribution in [-0.4, -0.2) is 41.9 Å². The fourth-order valence-electron chi connectivity index (χ4n) is 4.97. The van der Waals surface area contributed by atoms with Gasteiger partial charge in [0.15, 0.2) is 0 Å². The summed E-state index contributed by atoms with van der Waals surface area (Å²) in [7, 11) is 0. The molecule has 0 saturated heterocycles. The van der Waals surface area contributed by atoms with Crippen LogP contribution in [0.3, 0.4) is 0 Å². The summed E-state index contributed by atoms with van der Waals surface area (Å²) in [6, 6.07) is 6.61. The maximum absolute atomic E-state index is 14.4. The van der Waals surface area contributed by atoms with Crippen molar-refractivity contribution in [2.24, 2.45) is 11.7 Å². The number of hydrogen-bond acceptors (Lipinski definition) is 6. The minimum Gasteiger partial charge on any atom is -0.508 e. The first kappa shape index (κ1) is 22.4. The van der Waals surface area contributed by atoms with Gasteiger partial charge in [0.05, 0.1) is 29.1 Å². The lowest BCUT2D eigenvalue weighted by atomic mass is 9.74. The molecule has 1 aromatic carbocycles. The molecule has 0 unspecified atom stereocenters. The SMILES string of the molecule is C[C@H]1C[C@@H](c2ccncc2Cc2ncc3ccc(-c4c(F)cc(O)cc4F)nn23)C[C@@H](N)[C@@H]1O. The fraction of sp³-hybridized carbons (Fsp3) is 0.320. The van der Waals surface area contributed by atoms with Crippen LogP contribution in [0.2, 0.25) is 0 Å². The van der Waals surface area contributed by atoms with E-state index < -0.39 is 23.5 Å². The van der Waals surface area contributed by atoms with Gasteiger partial charge < -0.3 is 15.9 Å². The van der Waals surface area contributed by atoms with Gasteiger partial charge >= 0.3 is 0 Å². The standard InChI is InChI=1S/C25H25F2N5O2/c1-13-6-14(7-21(28)25(13)34)18-4-5-29-11-15(18)8-23-30-12-16-2-3-22(31-32(16)23)24-19(26)9-17(33)10-20(24)27/h2-5,9-14,21,25,33-34H,6-8,28H2,1H3/t13-,14+,21+,25+/m0/s1. The molecular formula is C25H25F2N5O2. The van der Waals surface area contributed by atoms with Crippen molar-refractivity contribution in [2.75, 3.05) is 0 Å². The first-order chi connectivity index (χ1) is 16.3. The highest BCUT2D eigenvalue weighted by Gasteiger charge is 2.33. The Morgan fingerprint density at radius 3 is 2.62 bits per heavy atom. The van der Waals surface area contributed by atoms with E-state index in [4.69, 9.17) is 5.73 Å². The van der Waals surface area contributed by atoms with Crippen LogP contribution in [0.15, 0.2) is 48.9 Å². The van der Waals surface area contributed by atoms with Crippen molar-refractivity contribution in [1.29, 1.82) is 0 Å². The average Bonchev–Trinajstić information content (AvgIpc) is 3.19. The molecule has 3 aromatic heterocycles. The molecule has 0 spiro atoms. The van der Waals surface area contributed by atoms with Crippen LogP contribution < -0.4 is 5.73 Å². The molecule has 1 aliphatic carbocycles. The molecule has 1 aliphatic rings. The number of aromatic nitrogens is 4. The van der Waals surface area contributed by atoms with E-state index in [0.717, 1.165) is 29.7 Å². The van der Waals surface area contributed by atoms with Gasteiger partial charge in [-0.15, -0.1) is 0 Å². The van der Waals surface area contributed by atoms with Crippen molar-refractivity contribution in [2.45, 2.75) is 44.2 Å². The number of phenols is 1. The van der Waals surface area contributed by atoms with Crippen molar-refractivity contribution >= 4 is 5.52 Å². The Kier molecular flexibility index (Phi) is 5.75. The van der Waals surface area contributed by atoms with Crippen LogP contribution in [0.25, 0.3) is 16.8 Å². The molecule has 5 rings (SSSR count). The first-order valence-corrected chi connectivity index (χ1v) is 11.2. The van der Waals surface area contributed by atoms with E-state index in [1.165, 1.54) is 6.07 Å². The van der Waals surface area contributed by atoms with Crippen molar-refractivity contribution in [3.8, 4) is 17.0 Å². The fourth-order valence-corrected chi connectivity index (χ4v) is 4.97. The van der Waals surface area contributed by atoms with Crippen molar-refractivity contribution < 1.29 is 19.0 Å². The number of imidazole rings is 1. The normalized spacial score (nSPS) is 22.9. The smallest absolute Gasteiger partial charge is 0.139 e. The molecule has 0 radical (unpaired) electrons. The van der Waals surface area contributed by atoms with Crippen LogP contribution >= 0.6 is 0 Å². The van der Waals surface area contributed by atoms with Crippen LogP contribution in [-0.2, 0) is 6.42 Å². The van der Waals surface area contributed by atoms with Crippen molar-refractivity contribution in [3.05, 3.63) is 77.5 Å². The number of benzene rings is 1. The molecule has 4 atom stereocenters. The number of fused-ring (bicyclic) bond motifs is 1. The topological polar surface area (TPSA) is 110 Å². The summed E-state index contributed by atoms with van der Waals surface area (Å²) in [4.78, 5) is 8.78. The molecule has 3 heterocycles. The Hall–Kier alpha value is -3.43. The van der Waals surface area contributed by atoms with E-state index >= 15 is 0 Å². The molecule has 9 heteroatoms. The van der Waals surface area contributed by atoms with Crippen LogP contribution in [0.5, 0.6) is 5.75 Å². The summed E-state index contributed by atoms with van der Waals surface area (Å²) in [5, 5.41) is 24.2. The van der Waals surface area contributed by atoms with E-state index in [1.54, 1.807) is 29.2 Å². The second-order valence-electron chi connectivity index (χ2n) is 9.07. The lowest BCUT2D eigenvalue weighted by molar-refractivity contribution is 0.0519. The highest BCUT2D eigenvalue weighted by atomic mass is 19.1. The van der Waals surface area contributed by atoms with Gasteiger partial charge in [0.25, 0.3) is 0 Å². The summed E-state index contributed by atoms with van der Waals surface area (Å²) in [6.45, 7) is 2.01. The van der Waals surface area contributed by atoms with Gasteiger partial charge in [-0.2, -0.15) is 5.10 Å². The maximum Gasteiger partial charge on any atom is 0.139 e. The van der Waals surface area contributed by atoms with Crippen LogP contribution in [0.1, 0.15) is 42.6 Å². The number of hydrogen-bond donors (Lipinski definition) is 3. The zero-order chi connectivity index (χ0) is 24.0. The number of aliphatic hydroxyl groups is 1. The van der Waals surface area contributed by atoms with E-state index in [-0.39, 0.29) is 29.1 Å². The molecule has 0 bridgehead atoms. The molecule has 0 aliphatic heterocycles. The molecule has 0 amide bonds. The highest BCUT2D eigenvalue weighted by Crippen LogP contribution is 2.37. The van der Waals surface area contributed by atoms with Gasteiger partial charge in [-0.25, -0.2) is 18.3 Å². The number of aliphatic hydroxyl groups excluding tert-OH is 1. The zero-order valence-electron chi connectivity index (χ0n) is 18.6. The number of pyridine rings is 1. The summed E-state index contributed by atoms with van der Waals surface area (Å²) < 4.78 is 30.4. The Bertz CT molecular complexity index is 1320. The monoisotopic (exact) mass is 465 g/mol. The third-order valence-electron chi connectivity index (χ3n) is 6.70. The number of nitrogens with two attached hydrogens (primary N) is 1. The molecule has 4 aromatic rings. The summed E-state index contributed by atoms with van der Waals surface area (Å²) >= 11 is 0. The molecule has 1 saturated carbocycles. The van der Waals surface area contributed by atoms with Gasteiger partial charge in [-0.3, -0.25) is 4.98 Å². The predicted molar refractivity (Wildman–Crippen MR) is 122 cm³/mol. The van der Waals surface area contributed by atoms with E-state index in [1.807, 2.05) is 13.0 Å². The zero-order valence-corrected chi connectivity index (χ0v) is 18.6. The van der Waals surface area contributed by atoms with Gasteiger partial charge in [-0.1, -0.05) is 6.92 Å². The average molecular weight is 466 g/mol. The molecule has 7 nitrogen and oxygen atoms in total. The van der Waals surface area contributed by atoms with Gasteiger partial charge in [-0.05, 0) is 54.0 Å². The van der Waals surface area contributed by atoms with E-state index in [0.29, 0.717) is 24.2 Å². The summed E-state index contributed by atoms with van der Waals surface area (Å²) in [6.07, 6.45) is 6.58. The Balaban J connectivity index is 1.51. The number of rotatable bonds is 4. The number of phenolic OH excluding ortho intramolecular Hbond substituents is 1. The largest absolute Gasteiger partial charge is 0.508 e. The lowest BCUT2D eigenvalue weighted by Gasteiger charge is -2.36. The Morgan fingerprint density at radius 1 is 1.12 bits per heavy atom. The maximum atomic E-state index is 14.4. The van der Waals surface area contributed by atoms with Gasteiger partial charge in [0.2, 0.25) is 0 Å². The minimum atomic E-state index is -0.898. The second-order valence-corrected chi connectivity index (χ2v) is 9.07. The molecular weight excluding hydrogens is 440 g/mol. The summed E-state index contributed by atoms with van der Waals surface area (Å²) in [5.41, 5.74) is 8.72. The van der Waals surface area contributed by atoms with E-state index in [2.05, 4.69) is 15.1 Å². The van der Waals surface area contributed by atoms with Crippen molar-refractivity contribution in [1.82, 2.24) is 19.6 Å². The third kappa shape index (κ3) is 4.01. The first-order valence-electron chi connectivity index (χ1n) is 11.2. The minimum absolute atomic E-state index is 0.0846. The number of halogens is 2. The van der Waals surface area contributed by atoms with Gasteiger partial charge in [0.1, 0.15) is 23.2 Å². The highest BCUT2D eigenvalue weighted by molar-refractivity contribution is 5.63. The second kappa shape index (κ2) is 8.73. The van der Waals surface area contributed by atoms with Crippen molar-refractivity contribution in [3.63, 3.8) is 0 Å². The lowest BCUT2D eigenvalue weighted by Crippen LogP contribution is -2.44. The van der Waals surface area contributed by atoms with Crippen LogP contribution in [0, 0.1) is 17.6 Å². The summed E-state index contributed by atoms with van der Waals surface area (Å²) in [5.74, 6) is -1.42. The van der Waals surface area contributed by atoms with Crippen LogP contribution in [0.4, 0.5) is 8.78 Å². The van der Waals surface area contributed by atoms with E-state index in [9.17, 15) is 19.0 Å². The Morgan fingerprint density at radius 2 is 1.88 bits per heavy atom. The molecule has 176 valence electrons. The third-order valence-corrected chi connectivity index (χ3v) is 6.70. The number of aromatic hydroxyl groups is 1. The molecule has 1 fully saturated rings. The molecule has 34 heavy (non-hydrogen) atoms. The quantitative estimate of drug-likeness (QED) is 0.425.